The lowest BCUT2D eigenvalue weighted by Gasteiger charge is -2.32. The van der Waals surface area contributed by atoms with Gasteiger partial charge in [0.1, 0.15) is 0 Å². The summed E-state index contributed by atoms with van der Waals surface area (Å²) < 4.78 is 19.5. The maximum atomic E-state index is 6.15. The molecule has 0 atom stereocenters. The molecule has 0 N–H and O–H groups in total. The van der Waals surface area contributed by atoms with Crippen LogP contribution in [0.25, 0.3) is 0 Å². The van der Waals surface area contributed by atoms with Gasteiger partial charge in [-0.25, -0.2) is 0 Å². The maximum Gasteiger partial charge on any atom is 0.498 e. The van der Waals surface area contributed by atoms with Crippen molar-refractivity contribution in [1.29, 1.82) is 0 Å². The first kappa shape index (κ1) is 17.1. The van der Waals surface area contributed by atoms with Gasteiger partial charge in [-0.05, 0) is 41.5 Å². The third-order valence-corrected chi connectivity index (χ3v) is 4.68. The molecule has 0 bridgehead atoms. The lowest BCUT2D eigenvalue weighted by atomic mass is 9.77. The van der Waals surface area contributed by atoms with Gasteiger partial charge in [-0.3, -0.25) is 4.68 Å². The highest BCUT2D eigenvalue weighted by Crippen LogP contribution is 2.36. The Morgan fingerprint density at radius 2 is 1.82 bits per heavy atom. The Hall–Kier alpha value is -1.27. The first-order valence-corrected chi connectivity index (χ1v) is 7.81. The summed E-state index contributed by atoms with van der Waals surface area (Å²) in [6, 6.07) is 0. The van der Waals surface area contributed by atoms with Crippen molar-refractivity contribution in [2.24, 2.45) is 0 Å². The molecule has 22 heavy (non-hydrogen) atoms. The average Bonchev–Trinajstić information content (AvgIpc) is 2.79. The minimum Gasteiger partial charge on any atom is -0.502 e. The van der Waals surface area contributed by atoms with E-state index in [-0.39, 0.29) is 18.3 Å². The Bertz CT molecular complexity index is 536. The normalized spacial score (nSPS) is 19.5. The predicted octanol–water partition coefficient (Wildman–Crippen LogP) is 2.35. The van der Waals surface area contributed by atoms with Crippen LogP contribution in [-0.2, 0) is 20.6 Å². The van der Waals surface area contributed by atoms with Gasteiger partial charge in [0.05, 0.1) is 29.8 Å². The number of hydrogen-bond donors (Lipinski definition) is 0. The molecule has 0 aromatic carbocycles. The number of aryl methyl sites for hydroxylation is 2. The highest BCUT2D eigenvalue weighted by Gasteiger charge is 2.53. The quantitative estimate of drug-likeness (QED) is 0.460. The third-order valence-electron chi connectivity index (χ3n) is 4.68. The van der Waals surface area contributed by atoms with E-state index in [2.05, 4.69) is 46.3 Å². The molecule has 1 aromatic rings. The Morgan fingerprint density at radius 1 is 1.23 bits per heavy atom. The topological polar surface area (TPSA) is 45.5 Å². The van der Waals surface area contributed by atoms with E-state index in [1.807, 2.05) is 11.6 Å². The zero-order valence-electron chi connectivity index (χ0n) is 14.6. The van der Waals surface area contributed by atoms with Crippen LogP contribution in [0.2, 0.25) is 0 Å². The zero-order valence-corrected chi connectivity index (χ0v) is 14.6. The van der Waals surface area contributed by atoms with Gasteiger partial charge in [0.15, 0.2) is 0 Å². The largest absolute Gasteiger partial charge is 0.502 e. The summed E-state index contributed by atoms with van der Waals surface area (Å²) in [7, 11) is -0.358. The summed E-state index contributed by atoms with van der Waals surface area (Å²) in [6.07, 6.45) is 2.35. The van der Waals surface area contributed by atoms with E-state index in [9.17, 15) is 0 Å². The molecule has 1 aliphatic rings. The molecule has 1 aromatic heterocycles. The fraction of sp³-hybridized carbons (Fsp3) is 0.688. The van der Waals surface area contributed by atoms with Crippen LogP contribution in [0, 0.1) is 13.8 Å². The fourth-order valence-corrected chi connectivity index (χ4v) is 2.61. The van der Waals surface area contributed by atoms with Gasteiger partial charge in [-0.1, -0.05) is 6.58 Å². The minimum atomic E-state index is -0.358. The summed E-state index contributed by atoms with van der Waals surface area (Å²) >= 11 is 0. The van der Waals surface area contributed by atoms with Crippen LogP contribution in [-0.4, -0.2) is 34.7 Å². The molecule has 0 amide bonds. The molecule has 5 nitrogen and oxygen atoms in total. The van der Waals surface area contributed by atoms with Crippen LogP contribution >= 0.6 is 0 Å². The maximum absolute atomic E-state index is 6.15. The van der Waals surface area contributed by atoms with Gasteiger partial charge in [0.2, 0.25) is 0 Å². The van der Waals surface area contributed by atoms with Crippen molar-refractivity contribution in [2.45, 2.75) is 65.7 Å². The van der Waals surface area contributed by atoms with E-state index in [0.29, 0.717) is 6.61 Å². The van der Waals surface area contributed by atoms with E-state index in [0.717, 1.165) is 29.8 Å². The Labute approximate surface area is 133 Å². The minimum absolute atomic E-state index is 0.337. The highest BCUT2D eigenvalue weighted by atomic mass is 16.7. The molecule has 2 rings (SSSR count). The second-order valence-electron chi connectivity index (χ2n) is 6.79. The van der Waals surface area contributed by atoms with Gasteiger partial charge in [0, 0.05) is 24.1 Å². The Kier molecular flexibility index (Phi) is 4.73. The number of nitrogens with zero attached hydrogens (tertiary/aromatic N) is 2. The van der Waals surface area contributed by atoms with Gasteiger partial charge >= 0.3 is 7.12 Å². The van der Waals surface area contributed by atoms with Crippen molar-refractivity contribution in [1.82, 2.24) is 9.78 Å². The zero-order chi connectivity index (χ0) is 16.5. The molecule has 0 aliphatic carbocycles. The van der Waals surface area contributed by atoms with E-state index in [1.54, 1.807) is 0 Å². The molecule has 1 saturated heterocycles. The molecular formula is C16H27BN2O3. The van der Waals surface area contributed by atoms with Crippen molar-refractivity contribution >= 4 is 12.6 Å². The highest BCUT2D eigenvalue weighted by molar-refractivity contribution is 6.63. The molecule has 122 valence electrons. The predicted molar refractivity (Wildman–Crippen MR) is 88.2 cm³/mol. The summed E-state index contributed by atoms with van der Waals surface area (Å²) in [6.45, 7) is 17.3. The van der Waals surface area contributed by atoms with Crippen LogP contribution in [0.3, 0.4) is 0 Å². The Morgan fingerprint density at radius 3 is 2.36 bits per heavy atom. The van der Waals surface area contributed by atoms with Crippen molar-refractivity contribution in [3.8, 4) is 0 Å². The first-order valence-electron chi connectivity index (χ1n) is 7.81. The first-order chi connectivity index (χ1) is 10.2. The second kappa shape index (κ2) is 6.09. The van der Waals surface area contributed by atoms with Crippen LogP contribution in [0.4, 0.5) is 0 Å². The molecule has 1 aliphatic heterocycles. The molecule has 0 radical (unpaired) electrons. The monoisotopic (exact) mass is 306 g/mol. The lowest BCUT2D eigenvalue weighted by Crippen LogP contribution is -2.41. The number of aromatic nitrogens is 2. The smallest absolute Gasteiger partial charge is 0.498 e. The number of rotatable bonds is 6. The molecule has 1 fully saturated rings. The van der Waals surface area contributed by atoms with Crippen LogP contribution in [0.15, 0.2) is 12.8 Å². The van der Waals surface area contributed by atoms with Crippen molar-refractivity contribution < 1.29 is 14.0 Å². The number of hydrogen-bond acceptors (Lipinski definition) is 4. The fourth-order valence-electron chi connectivity index (χ4n) is 2.61. The van der Waals surface area contributed by atoms with Crippen LogP contribution < -0.4 is 5.46 Å². The van der Waals surface area contributed by atoms with Crippen LogP contribution in [0.1, 0.15) is 45.5 Å². The molecule has 0 unspecified atom stereocenters. The van der Waals surface area contributed by atoms with Crippen molar-refractivity contribution in [2.75, 3.05) is 6.61 Å². The van der Waals surface area contributed by atoms with Crippen LogP contribution in [0.5, 0.6) is 0 Å². The molecule has 0 saturated carbocycles. The SMILES string of the molecule is C=COCCCn1nc(C)c(B2OC(C)(C)C(C)(C)O2)c1C. The van der Waals surface area contributed by atoms with Gasteiger partial charge < -0.3 is 14.0 Å². The lowest BCUT2D eigenvalue weighted by molar-refractivity contribution is 0.00578. The van der Waals surface area contributed by atoms with Crippen molar-refractivity contribution in [3.63, 3.8) is 0 Å². The standard InChI is InChI=1S/C16H27BN2O3/c1-8-20-11-9-10-19-13(3)14(12(2)18-19)17-21-15(4,5)16(6,7)22-17/h8H,1,9-11H2,2-7H3. The Balaban J connectivity index is 2.16. The number of ether oxygens (including phenoxy) is 1. The molecule has 2 heterocycles. The average molecular weight is 306 g/mol. The second-order valence-corrected chi connectivity index (χ2v) is 6.79. The third kappa shape index (κ3) is 3.08. The van der Waals surface area contributed by atoms with E-state index in [1.165, 1.54) is 6.26 Å². The van der Waals surface area contributed by atoms with Crippen molar-refractivity contribution in [3.05, 3.63) is 24.2 Å². The van der Waals surface area contributed by atoms with Gasteiger partial charge in [0.25, 0.3) is 0 Å². The van der Waals surface area contributed by atoms with E-state index < -0.39 is 0 Å². The van der Waals surface area contributed by atoms with E-state index >= 15 is 0 Å². The van der Waals surface area contributed by atoms with E-state index in [4.69, 9.17) is 14.0 Å². The summed E-state index contributed by atoms with van der Waals surface area (Å²) in [5.41, 5.74) is 2.42. The summed E-state index contributed by atoms with van der Waals surface area (Å²) in [5, 5.41) is 4.62. The molecular weight excluding hydrogens is 279 g/mol. The van der Waals surface area contributed by atoms with Gasteiger partial charge in [-0.2, -0.15) is 5.10 Å². The summed E-state index contributed by atoms with van der Waals surface area (Å²) in [4.78, 5) is 0. The summed E-state index contributed by atoms with van der Waals surface area (Å²) in [5.74, 6) is 0. The molecule has 6 heteroatoms. The van der Waals surface area contributed by atoms with Gasteiger partial charge in [-0.15, -0.1) is 0 Å². The molecule has 0 spiro atoms.